The van der Waals surface area contributed by atoms with Crippen molar-refractivity contribution in [2.45, 2.75) is 31.5 Å². The Labute approximate surface area is 124 Å². The summed E-state index contributed by atoms with van der Waals surface area (Å²) in [4.78, 5) is 11.9. The third kappa shape index (κ3) is 3.68. The van der Waals surface area contributed by atoms with Crippen molar-refractivity contribution in [2.75, 3.05) is 11.9 Å². The molecule has 2 rings (SSSR count). The fourth-order valence-electron chi connectivity index (χ4n) is 2.23. The van der Waals surface area contributed by atoms with Crippen LogP contribution >= 0.6 is 0 Å². The van der Waals surface area contributed by atoms with Crippen molar-refractivity contribution >= 4 is 11.7 Å². The van der Waals surface area contributed by atoms with Crippen LogP contribution in [0.1, 0.15) is 25.3 Å². The molecule has 0 spiro atoms. The number of nitrogens with one attached hydrogen (secondary N) is 2. The Morgan fingerprint density at radius 2 is 2.00 bits per heavy atom. The van der Waals surface area contributed by atoms with Crippen LogP contribution in [0.3, 0.4) is 0 Å². The molecular formula is C14H16F4N2O2. The highest BCUT2D eigenvalue weighted by Crippen LogP contribution is 2.39. The van der Waals surface area contributed by atoms with Crippen LogP contribution in [0.2, 0.25) is 0 Å². The summed E-state index contributed by atoms with van der Waals surface area (Å²) in [6.45, 7) is 1.39. The molecule has 0 saturated heterocycles. The van der Waals surface area contributed by atoms with Crippen LogP contribution in [0, 0.1) is 11.7 Å². The zero-order valence-corrected chi connectivity index (χ0v) is 11.8. The first-order chi connectivity index (χ1) is 10.2. The van der Waals surface area contributed by atoms with Gasteiger partial charge in [0.15, 0.2) is 0 Å². The second-order valence-electron chi connectivity index (χ2n) is 5.62. The van der Waals surface area contributed by atoms with Crippen LogP contribution in [-0.2, 0) is 6.18 Å². The van der Waals surface area contributed by atoms with Gasteiger partial charge in [-0.05, 0) is 43.9 Å². The molecule has 22 heavy (non-hydrogen) atoms. The smallest absolute Gasteiger partial charge is 0.394 e. The maximum absolute atomic E-state index is 13.2. The molecule has 1 saturated carbocycles. The van der Waals surface area contributed by atoms with E-state index in [-0.39, 0.29) is 18.2 Å². The fourth-order valence-corrected chi connectivity index (χ4v) is 2.23. The highest BCUT2D eigenvalue weighted by molar-refractivity contribution is 5.89. The normalized spacial score (nSPS) is 17.7. The Morgan fingerprint density at radius 1 is 1.36 bits per heavy atom. The van der Waals surface area contributed by atoms with Crippen LogP contribution in [0.4, 0.5) is 28.0 Å². The van der Waals surface area contributed by atoms with Gasteiger partial charge in [-0.3, -0.25) is 0 Å². The first kappa shape index (κ1) is 16.5. The molecule has 1 fully saturated rings. The van der Waals surface area contributed by atoms with E-state index in [1.165, 1.54) is 0 Å². The number of urea groups is 1. The predicted molar refractivity (Wildman–Crippen MR) is 71.8 cm³/mol. The van der Waals surface area contributed by atoms with Crippen LogP contribution in [0.5, 0.6) is 0 Å². The second-order valence-corrected chi connectivity index (χ2v) is 5.62. The minimum Gasteiger partial charge on any atom is -0.394 e. The number of hydrogen-bond donors (Lipinski definition) is 3. The van der Waals surface area contributed by atoms with E-state index in [2.05, 4.69) is 10.6 Å². The molecule has 122 valence electrons. The Hall–Kier alpha value is -1.83. The Kier molecular flexibility index (Phi) is 4.32. The van der Waals surface area contributed by atoms with Crippen LogP contribution in [-0.4, -0.2) is 23.3 Å². The van der Waals surface area contributed by atoms with Gasteiger partial charge in [0, 0.05) is 5.69 Å². The molecule has 8 heteroatoms. The average Bonchev–Trinajstić information content (AvgIpc) is 3.24. The van der Waals surface area contributed by atoms with Crippen molar-refractivity contribution in [3.8, 4) is 0 Å². The van der Waals surface area contributed by atoms with E-state index in [0.29, 0.717) is 12.1 Å². The standard InChI is InChI=1S/C14H16F4N2O2/c1-13(7-21,8-2-3-8)20-12(22)19-9-4-5-11(15)10(6-9)14(16,17)18/h4-6,8,21H,2-3,7H2,1H3,(H2,19,20,22). The lowest BCUT2D eigenvalue weighted by Crippen LogP contribution is -2.52. The lowest BCUT2D eigenvalue weighted by atomic mass is 9.97. The number of anilines is 1. The maximum Gasteiger partial charge on any atom is 0.419 e. The summed E-state index contributed by atoms with van der Waals surface area (Å²) in [5, 5.41) is 14.1. The van der Waals surface area contributed by atoms with E-state index in [1.54, 1.807) is 6.92 Å². The molecular weight excluding hydrogens is 304 g/mol. The predicted octanol–water partition coefficient (Wildman–Crippen LogP) is 3.13. The molecule has 4 nitrogen and oxygen atoms in total. The largest absolute Gasteiger partial charge is 0.419 e. The molecule has 1 aliphatic rings. The van der Waals surface area contributed by atoms with Gasteiger partial charge in [0.2, 0.25) is 0 Å². The van der Waals surface area contributed by atoms with E-state index in [9.17, 15) is 27.5 Å². The van der Waals surface area contributed by atoms with Gasteiger partial charge in [0.05, 0.1) is 17.7 Å². The summed E-state index contributed by atoms with van der Waals surface area (Å²) in [7, 11) is 0. The van der Waals surface area contributed by atoms with Gasteiger partial charge < -0.3 is 15.7 Å². The van der Waals surface area contributed by atoms with Crippen molar-refractivity contribution < 1.29 is 27.5 Å². The molecule has 1 aromatic carbocycles. The van der Waals surface area contributed by atoms with Gasteiger partial charge in [-0.2, -0.15) is 13.2 Å². The first-order valence-corrected chi connectivity index (χ1v) is 6.72. The van der Waals surface area contributed by atoms with Crippen molar-refractivity contribution in [1.29, 1.82) is 0 Å². The molecule has 0 aromatic heterocycles. The third-order valence-corrected chi connectivity index (χ3v) is 3.74. The highest BCUT2D eigenvalue weighted by Gasteiger charge is 2.42. The number of amides is 2. The molecule has 1 aromatic rings. The van der Waals surface area contributed by atoms with Gasteiger partial charge in [-0.25, -0.2) is 9.18 Å². The van der Waals surface area contributed by atoms with Crippen molar-refractivity contribution in [1.82, 2.24) is 5.32 Å². The molecule has 0 aliphatic heterocycles. The Bertz CT molecular complexity index is 572. The summed E-state index contributed by atoms with van der Waals surface area (Å²) < 4.78 is 51.0. The summed E-state index contributed by atoms with van der Waals surface area (Å²) in [5.41, 5.74) is -2.45. The van der Waals surface area contributed by atoms with Crippen molar-refractivity contribution in [2.24, 2.45) is 5.92 Å². The number of carbonyl (C=O) groups excluding carboxylic acids is 1. The maximum atomic E-state index is 13.2. The monoisotopic (exact) mass is 320 g/mol. The van der Waals surface area contributed by atoms with Crippen molar-refractivity contribution in [3.05, 3.63) is 29.6 Å². The zero-order valence-electron chi connectivity index (χ0n) is 11.8. The fraction of sp³-hybridized carbons (Fsp3) is 0.500. The highest BCUT2D eigenvalue weighted by atomic mass is 19.4. The van der Waals surface area contributed by atoms with Gasteiger partial charge >= 0.3 is 12.2 Å². The number of hydrogen-bond acceptors (Lipinski definition) is 2. The van der Waals surface area contributed by atoms with Crippen molar-refractivity contribution in [3.63, 3.8) is 0 Å². The number of benzene rings is 1. The molecule has 0 bridgehead atoms. The molecule has 1 unspecified atom stereocenters. The molecule has 1 aliphatic carbocycles. The van der Waals surface area contributed by atoms with E-state index in [4.69, 9.17) is 0 Å². The SMILES string of the molecule is CC(CO)(NC(=O)Nc1ccc(F)c(C(F)(F)F)c1)C1CC1. The topological polar surface area (TPSA) is 61.4 Å². The van der Waals surface area contributed by atoms with Crippen LogP contribution in [0.15, 0.2) is 18.2 Å². The van der Waals surface area contributed by atoms with E-state index in [1.807, 2.05) is 0 Å². The number of rotatable bonds is 4. The average molecular weight is 320 g/mol. The van der Waals surface area contributed by atoms with E-state index in [0.717, 1.165) is 18.9 Å². The van der Waals surface area contributed by atoms with E-state index >= 15 is 0 Å². The molecule has 0 radical (unpaired) electrons. The minimum atomic E-state index is -4.84. The summed E-state index contributed by atoms with van der Waals surface area (Å²) >= 11 is 0. The summed E-state index contributed by atoms with van der Waals surface area (Å²) in [5.74, 6) is -1.26. The quantitative estimate of drug-likeness (QED) is 0.747. The summed E-state index contributed by atoms with van der Waals surface area (Å²) in [6.07, 6.45) is -3.11. The molecule has 1 atom stereocenters. The number of halogens is 4. The van der Waals surface area contributed by atoms with Crippen LogP contribution < -0.4 is 10.6 Å². The molecule has 3 N–H and O–H groups in total. The van der Waals surface area contributed by atoms with Gasteiger partial charge in [0.25, 0.3) is 0 Å². The number of carbonyl (C=O) groups is 1. The van der Waals surface area contributed by atoms with Crippen LogP contribution in [0.25, 0.3) is 0 Å². The van der Waals surface area contributed by atoms with E-state index < -0.39 is 29.1 Å². The molecule has 2 amide bonds. The number of alkyl halides is 3. The number of aliphatic hydroxyl groups excluding tert-OH is 1. The van der Waals surface area contributed by atoms with Gasteiger partial charge in [-0.15, -0.1) is 0 Å². The Balaban J connectivity index is 2.09. The lowest BCUT2D eigenvalue weighted by Gasteiger charge is -2.28. The van der Waals surface area contributed by atoms with Gasteiger partial charge in [0.1, 0.15) is 5.82 Å². The van der Waals surface area contributed by atoms with Gasteiger partial charge in [-0.1, -0.05) is 0 Å². The first-order valence-electron chi connectivity index (χ1n) is 6.72. The third-order valence-electron chi connectivity index (χ3n) is 3.74. The second kappa shape index (κ2) is 5.75. The molecule has 0 heterocycles. The Morgan fingerprint density at radius 3 is 2.50 bits per heavy atom. The lowest BCUT2D eigenvalue weighted by molar-refractivity contribution is -0.139. The summed E-state index contributed by atoms with van der Waals surface area (Å²) in [6, 6.07) is 1.47. The minimum absolute atomic E-state index is 0.141. The zero-order chi connectivity index (χ0) is 16.5. The number of aliphatic hydroxyl groups is 1.